The standard InChI is InChI=1S/2C10H16.3C6H6O.4C3H8/c2*1-2-9-7-4-5-8(6-7)10(9)3-1;3*7-6-4-2-1-3-5-6;4*1-3-2/h2*7-10H,1-6H2;3*1-5,7H;4*3H2,1-2H3. The summed E-state index contributed by atoms with van der Waals surface area (Å²) in [6.45, 7) is 17.0. The molecule has 3 N–H and O–H groups in total. The van der Waals surface area contributed by atoms with Gasteiger partial charge >= 0.3 is 0 Å². The number of fused-ring (bicyclic) bond motifs is 10. The molecule has 3 aromatic rings. The van der Waals surface area contributed by atoms with E-state index >= 15 is 0 Å². The zero-order chi connectivity index (χ0) is 39.3. The quantitative estimate of drug-likeness (QED) is 0.216. The van der Waals surface area contributed by atoms with Crippen molar-refractivity contribution in [1.82, 2.24) is 0 Å². The van der Waals surface area contributed by atoms with Crippen LogP contribution in [0.5, 0.6) is 17.2 Å². The number of hydrogen-bond acceptors (Lipinski definition) is 3. The molecule has 6 aliphatic rings. The van der Waals surface area contributed by atoms with Crippen LogP contribution >= 0.6 is 0 Å². The molecular weight excluding hydrogens is 649 g/mol. The van der Waals surface area contributed by atoms with Gasteiger partial charge in [0.2, 0.25) is 0 Å². The molecule has 0 amide bonds. The van der Waals surface area contributed by atoms with Crippen molar-refractivity contribution in [3.8, 4) is 17.2 Å². The highest BCUT2D eigenvalue weighted by Crippen LogP contribution is 2.59. The van der Waals surface area contributed by atoms with Gasteiger partial charge in [0.15, 0.2) is 0 Å². The average Bonchev–Trinajstić information content (AvgIpc) is 4.01. The van der Waals surface area contributed by atoms with E-state index in [0.717, 1.165) is 0 Å². The molecule has 8 atom stereocenters. The van der Waals surface area contributed by atoms with Crippen LogP contribution in [0.3, 0.4) is 0 Å². The molecule has 6 saturated carbocycles. The Morgan fingerprint density at radius 3 is 0.679 bits per heavy atom. The minimum atomic E-state index is 0.322. The van der Waals surface area contributed by atoms with Crippen molar-refractivity contribution >= 4 is 0 Å². The molecule has 0 spiro atoms. The maximum absolute atomic E-state index is 8.63. The number of phenols is 3. The third-order valence-electron chi connectivity index (χ3n) is 11.0. The molecule has 6 fully saturated rings. The predicted octanol–water partition coefficient (Wildman–Crippen LogP) is 15.5. The number of hydrogen-bond donors (Lipinski definition) is 3. The first kappa shape index (κ1) is 48.1. The van der Waals surface area contributed by atoms with Crippen molar-refractivity contribution in [2.24, 2.45) is 47.3 Å². The summed E-state index contributed by atoms with van der Waals surface area (Å²) in [5.74, 6) is 10.6. The fourth-order valence-electron chi connectivity index (χ4n) is 9.32. The van der Waals surface area contributed by atoms with Crippen molar-refractivity contribution in [1.29, 1.82) is 0 Å². The SMILES string of the molecule is C1CC2C3CCC(C3)C2C1.C1CC2C3CCC(C3)C2C1.CCC.CCC.CCC.CCC.Oc1ccccc1.Oc1ccccc1.Oc1ccccc1. The van der Waals surface area contributed by atoms with Gasteiger partial charge in [0.25, 0.3) is 0 Å². The number of para-hydroxylation sites is 3. The Bertz CT molecular complexity index is 1030. The largest absolute Gasteiger partial charge is 0.508 e. The van der Waals surface area contributed by atoms with Crippen LogP contribution in [-0.4, -0.2) is 15.3 Å². The van der Waals surface area contributed by atoms with Gasteiger partial charge in [0.05, 0.1) is 0 Å². The molecule has 0 heterocycles. The molecule has 8 unspecified atom stereocenters. The lowest BCUT2D eigenvalue weighted by Gasteiger charge is -2.23. The van der Waals surface area contributed by atoms with Crippen molar-refractivity contribution in [3.63, 3.8) is 0 Å². The van der Waals surface area contributed by atoms with Crippen LogP contribution < -0.4 is 0 Å². The highest BCUT2D eigenvalue weighted by Gasteiger charge is 2.49. The summed E-state index contributed by atoms with van der Waals surface area (Å²) in [5, 5.41) is 25.9. The predicted molar refractivity (Wildman–Crippen MR) is 232 cm³/mol. The summed E-state index contributed by atoms with van der Waals surface area (Å²) in [7, 11) is 0. The van der Waals surface area contributed by atoms with Crippen LogP contribution in [0.15, 0.2) is 91.0 Å². The Morgan fingerprint density at radius 1 is 0.340 bits per heavy atom. The van der Waals surface area contributed by atoms with E-state index in [1.54, 1.807) is 150 Å². The minimum Gasteiger partial charge on any atom is -0.508 e. The van der Waals surface area contributed by atoms with Crippen LogP contribution in [0.4, 0.5) is 0 Å². The van der Waals surface area contributed by atoms with Gasteiger partial charge in [-0.3, -0.25) is 0 Å². The third kappa shape index (κ3) is 19.3. The molecule has 3 nitrogen and oxygen atoms in total. The molecule has 0 aliphatic heterocycles. The first-order valence-corrected chi connectivity index (χ1v) is 22.0. The second kappa shape index (κ2) is 30.4. The first-order chi connectivity index (χ1) is 25.7. The molecule has 3 heteroatoms. The zero-order valence-corrected chi connectivity index (χ0v) is 35.4. The van der Waals surface area contributed by atoms with E-state index in [9.17, 15) is 0 Å². The Morgan fingerprint density at radius 2 is 0.528 bits per heavy atom. The summed E-state index contributed by atoms with van der Waals surface area (Å²) in [6, 6.07) is 26.1. The average molecular weight is 731 g/mol. The van der Waals surface area contributed by atoms with Crippen molar-refractivity contribution in [2.45, 2.75) is 158 Å². The maximum atomic E-state index is 8.63. The van der Waals surface area contributed by atoms with Gasteiger partial charge in [-0.2, -0.15) is 0 Å². The highest BCUT2D eigenvalue weighted by atomic mass is 16.3. The van der Waals surface area contributed by atoms with Crippen LogP contribution in [0.2, 0.25) is 0 Å². The maximum Gasteiger partial charge on any atom is 0.115 e. The zero-order valence-electron chi connectivity index (χ0n) is 35.4. The fourth-order valence-corrected chi connectivity index (χ4v) is 9.32. The lowest BCUT2D eigenvalue weighted by molar-refractivity contribution is 0.259. The summed E-state index contributed by atoms with van der Waals surface area (Å²) in [4.78, 5) is 0. The molecule has 300 valence electrons. The van der Waals surface area contributed by atoms with Gasteiger partial charge in [-0.25, -0.2) is 0 Å². The highest BCUT2D eigenvalue weighted by molar-refractivity contribution is 5.19. The van der Waals surface area contributed by atoms with E-state index in [-0.39, 0.29) is 0 Å². The number of phenolic OH excluding ortho intramolecular Hbond substituents is 3. The van der Waals surface area contributed by atoms with Gasteiger partial charge in [0, 0.05) is 0 Å². The van der Waals surface area contributed by atoms with E-state index in [4.69, 9.17) is 15.3 Å². The molecule has 0 radical (unpaired) electrons. The molecule has 6 aliphatic carbocycles. The van der Waals surface area contributed by atoms with Crippen LogP contribution in [0, 0.1) is 47.3 Å². The van der Waals surface area contributed by atoms with Gasteiger partial charge in [-0.05, 0) is 148 Å². The molecule has 0 aromatic heterocycles. The van der Waals surface area contributed by atoms with Gasteiger partial charge < -0.3 is 15.3 Å². The number of aromatic hydroxyl groups is 3. The topological polar surface area (TPSA) is 60.7 Å². The fraction of sp³-hybridized carbons (Fsp3) is 0.640. The van der Waals surface area contributed by atoms with E-state index in [1.807, 2.05) is 18.2 Å². The minimum absolute atomic E-state index is 0.322. The van der Waals surface area contributed by atoms with Crippen molar-refractivity contribution in [2.75, 3.05) is 0 Å². The molecule has 0 saturated heterocycles. The second-order valence-corrected chi connectivity index (χ2v) is 16.0. The summed E-state index contributed by atoms with van der Waals surface area (Å²) >= 11 is 0. The van der Waals surface area contributed by atoms with E-state index in [2.05, 4.69) is 55.4 Å². The van der Waals surface area contributed by atoms with E-state index < -0.39 is 0 Å². The molecule has 53 heavy (non-hydrogen) atoms. The Hall–Kier alpha value is -2.94. The van der Waals surface area contributed by atoms with E-state index in [1.165, 1.54) is 73.0 Å². The van der Waals surface area contributed by atoms with Gasteiger partial charge in [-0.1, -0.05) is 149 Å². The van der Waals surface area contributed by atoms with Crippen LogP contribution in [0.25, 0.3) is 0 Å². The monoisotopic (exact) mass is 731 g/mol. The molecule has 9 rings (SSSR count). The number of rotatable bonds is 0. The summed E-state index contributed by atoms with van der Waals surface area (Å²) in [6.07, 6.45) is 24.1. The van der Waals surface area contributed by atoms with Gasteiger partial charge in [-0.15, -0.1) is 0 Å². The molecular formula is C50H82O3. The van der Waals surface area contributed by atoms with Crippen molar-refractivity contribution in [3.05, 3.63) is 91.0 Å². The Kier molecular flexibility index (Phi) is 27.6. The lowest BCUT2D eigenvalue weighted by atomic mass is 9.82. The van der Waals surface area contributed by atoms with Gasteiger partial charge in [0.1, 0.15) is 17.2 Å². The van der Waals surface area contributed by atoms with E-state index in [0.29, 0.717) is 17.2 Å². The molecule has 4 bridgehead atoms. The van der Waals surface area contributed by atoms with Crippen molar-refractivity contribution < 1.29 is 15.3 Å². The van der Waals surface area contributed by atoms with Crippen LogP contribution in [-0.2, 0) is 0 Å². The smallest absolute Gasteiger partial charge is 0.115 e. The second-order valence-electron chi connectivity index (χ2n) is 16.0. The Labute approximate surface area is 328 Å². The summed E-state index contributed by atoms with van der Waals surface area (Å²) in [5.41, 5.74) is 0. The summed E-state index contributed by atoms with van der Waals surface area (Å²) < 4.78 is 0. The van der Waals surface area contributed by atoms with Crippen LogP contribution in [0.1, 0.15) is 158 Å². The lowest BCUT2D eigenvalue weighted by Crippen LogP contribution is -2.15. The number of benzene rings is 3. The third-order valence-corrected chi connectivity index (χ3v) is 11.0. The molecule has 3 aromatic carbocycles. The Balaban J connectivity index is 0.000000311. The normalized spacial score (nSPS) is 26.5. The first-order valence-electron chi connectivity index (χ1n) is 22.0.